The quantitative estimate of drug-likeness (QED) is 0.582. The molecule has 0 atom stereocenters. The largest absolute Gasteiger partial charge is 0.500 e. The van der Waals surface area contributed by atoms with Gasteiger partial charge in [-0.2, -0.15) is 0 Å². The monoisotopic (exact) mass is 191 g/mol. The minimum atomic E-state index is -2.27. The summed E-state index contributed by atoms with van der Waals surface area (Å²) in [5.41, 5.74) is 0. The first-order chi connectivity index (χ1) is 5.24. The average molecular weight is 191 g/mol. The van der Waals surface area contributed by atoms with Crippen molar-refractivity contribution in [3.8, 4) is 0 Å². The fourth-order valence-corrected chi connectivity index (χ4v) is 3.11. The molecule has 0 spiro atoms. The van der Waals surface area contributed by atoms with E-state index in [-0.39, 0.29) is 0 Å². The molecule has 0 fully saturated rings. The molecule has 0 amide bonds. The van der Waals surface area contributed by atoms with Crippen LogP contribution < -0.4 is 0 Å². The molecule has 0 aromatic rings. The van der Waals surface area contributed by atoms with Gasteiger partial charge in [0.1, 0.15) is 0 Å². The van der Waals surface area contributed by atoms with Crippen LogP contribution in [0.1, 0.15) is 6.42 Å². The van der Waals surface area contributed by atoms with Gasteiger partial charge >= 0.3 is 8.80 Å². The Morgan fingerprint density at radius 2 is 1.55 bits per heavy atom. The van der Waals surface area contributed by atoms with Crippen molar-refractivity contribution in [1.82, 2.24) is 0 Å². The van der Waals surface area contributed by atoms with Gasteiger partial charge in [0.15, 0.2) is 0 Å². The van der Waals surface area contributed by atoms with Crippen LogP contribution in [-0.2, 0) is 13.3 Å². The third kappa shape index (κ3) is 3.48. The van der Waals surface area contributed by atoms with Crippen LogP contribution in [-0.4, -0.2) is 40.4 Å². The van der Waals surface area contributed by atoms with E-state index in [2.05, 4.69) is 10.2 Å². The highest BCUT2D eigenvalue weighted by Crippen LogP contribution is 2.15. The minimum Gasteiger partial charge on any atom is -0.377 e. The Morgan fingerprint density at radius 3 is 1.82 bits per heavy atom. The van der Waals surface area contributed by atoms with E-state index >= 15 is 0 Å². The molecule has 0 bridgehead atoms. The van der Waals surface area contributed by atoms with Crippen molar-refractivity contribution in [2.75, 3.05) is 21.3 Å². The van der Waals surface area contributed by atoms with Crippen LogP contribution >= 0.6 is 0 Å². The molecule has 0 aromatic carbocycles. The third-order valence-electron chi connectivity index (χ3n) is 1.59. The average Bonchev–Trinajstić information content (AvgIpc) is 2.08. The summed E-state index contributed by atoms with van der Waals surface area (Å²) < 4.78 is 15.6. The maximum atomic E-state index is 5.21. The zero-order valence-corrected chi connectivity index (χ0v) is 9.35. The van der Waals surface area contributed by atoms with Gasteiger partial charge in [-0.05, 0) is 0 Å². The Morgan fingerprint density at radius 1 is 1.09 bits per heavy atom. The molecule has 3 nitrogen and oxygen atoms in total. The highest BCUT2D eigenvalue weighted by Gasteiger charge is 2.36. The second kappa shape index (κ2) is 5.90. The molecule has 65 valence electrons. The first kappa shape index (κ1) is 11.3. The Balaban J connectivity index is 3.84. The van der Waals surface area contributed by atoms with Crippen molar-refractivity contribution in [2.45, 2.75) is 18.5 Å². The first-order valence-corrected chi connectivity index (χ1v) is 6.18. The van der Waals surface area contributed by atoms with Gasteiger partial charge in [-0.25, -0.2) is 0 Å². The van der Waals surface area contributed by atoms with Gasteiger partial charge in [-0.3, -0.25) is 0 Å². The second-order valence-corrected chi connectivity index (χ2v) is 5.74. The van der Waals surface area contributed by atoms with E-state index in [9.17, 15) is 0 Å². The van der Waals surface area contributed by atoms with Gasteiger partial charge < -0.3 is 13.3 Å². The van der Waals surface area contributed by atoms with E-state index in [4.69, 9.17) is 13.3 Å². The molecule has 5 heteroatoms. The summed E-state index contributed by atoms with van der Waals surface area (Å²) in [6.07, 6.45) is 1.01. The van der Waals surface area contributed by atoms with Crippen molar-refractivity contribution in [3.05, 3.63) is 0 Å². The van der Waals surface area contributed by atoms with Crippen LogP contribution in [0.25, 0.3) is 0 Å². The van der Waals surface area contributed by atoms with Gasteiger partial charge in [-0.1, -0.05) is 12.5 Å². The first-order valence-electron chi connectivity index (χ1n) is 3.54. The summed E-state index contributed by atoms with van der Waals surface area (Å²) >= 11 is 0. The van der Waals surface area contributed by atoms with Crippen LogP contribution in [0, 0.1) is 0 Å². The van der Waals surface area contributed by atoms with Crippen molar-refractivity contribution in [2.24, 2.45) is 0 Å². The predicted octanol–water partition coefficient (Wildman–Crippen LogP) is 0.841. The molecule has 3 radical (unpaired) electrons. The van der Waals surface area contributed by atoms with Crippen molar-refractivity contribution in [3.63, 3.8) is 0 Å². The maximum Gasteiger partial charge on any atom is 0.500 e. The van der Waals surface area contributed by atoms with Crippen molar-refractivity contribution >= 4 is 19.0 Å². The van der Waals surface area contributed by atoms with E-state index in [1.54, 1.807) is 21.3 Å². The highest BCUT2D eigenvalue weighted by molar-refractivity contribution is 6.60. The third-order valence-corrected chi connectivity index (χ3v) is 4.78. The molecule has 0 aromatic heterocycles. The second-order valence-electron chi connectivity index (χ2n) is 2.15. The molecule has 0 aliphatic heterocycles. The summed E-state index contributed by atoms with van der Waals surface area (Å²) in [6, 6.07) is 1.81. The fraction of sp³-hybridized carbons (Fsp3) is 1.00. The van der Waals surface area contributed by atoms with Gasteiger partial charge in [0, 0.05) is 37.6 Å². The van der Waals surface area contributed by atoms with Gasteiger partial charge in [0.25, 0.3) is 0 Å². The van der Waals surface area contributed by atoms with Crippen LogP contribution in [0.3, 0.4) is 0 Å². The number of hydrogen-bond donors (Lipinski definition) is 0. The van der Waals surface area contributed by atoms with Crippen molar-refractivity contribution in [1.29, 1.82) is 0 Å². The summed E-state index contributed by atoms with van der Waals surface area (Å²) in [5, 5.41) is 0. The Kier molecular flexibility index (Phi) is 6.07. The molecule has 0 N–H and O–H groups in total. The SMILES string of the molecule is CO[Si](CCC[Si])(OC)OC. The zero-order chi connectivity index (χ0) is 8.74. The highest BCUT2D eigenvalue weighted by atomic mass is 28.4. The molecule has 0 heterocycles. The molecule has 0 aliphatic carbocycles. The Hall–Kier alpha value is 0.314. The van der Waals surface area contributed by atoms with Crippen LogP contribution in [0.2, 0.25) is 12.1 Å². The topological polar surface area (TPSA) is 27.7 Å². The molecule has 11 heavy (non-hydrogen) atoms. The molecule has 0 rings (SSSR count). The maximum absolute atomic E-state index is 5.21. The van der Waals surface area contributed by atoms with Gasteiger partial charge in [0.05, 0.1) is 0 Å². The molecular formula is C6H15O3Si2. The standard InChI is InChI=1S/C6H15O3Si2/c1-7-11(8-2,9-3)6-4-5-10/h4-6H2,1-3H3. The van der Waals surface area contributed by atoms with Gasteiger partial charge in [-0.15, -0.1) is 0 Å². The summed E-state index contributed by atoms with van der Waals surface area (Å²) in [4.78, 5) is 0. The van der Waals surface area contributed by atoms with E-state index in [0.717, 1.165) is 18.5 Å². The fourth-order valence-electron chi connectivity index (χ4n) is 0.861. The van der Waals surface area contributed by atoms with E-state index < -0.39 is 8.80 Å². The normalized spacial score (nSPS) is 12.0. The lowest BCUT2D eigenvalue weighted by molar-refractivity contribution is 0.123. The zero-order valence-electron chi connectivity index (χ0n) is 7.35. The lowest BCUT2D eigenvalue weighted by Gasteiger charge is -2.23. The molecule has 0 saturated carbocycles. The Labute approximate surface area is 72.8 Å². The summed E-state index contributed by atoms with van der Waals surface area (Å²) in [7, 11) is 6.02. The van der Waals surface area contributed by atoms with E-state index in [1.807, 2.05) is 0 Å². The van der Waals surface area contributed by atoms with Crippen LogP contribution in [0.15, 0.2) is 0 Å². The van der Waals surface area contributed by atoms with E-state index in [1.165, 1.54) is 0 Å². The molecule has 0 aliphatic rings. The molecule has 0 saturated heterocycles. The lowest BCUT2D eigenvalue weighted by Crippen LogP contribution is -2.42. The minimum absolute atomic E-state index is 0.861. The summed E-state index contributed by atoms with van der Waals surface area (Å²) in [6.45, 7) is 0. The van der Waals surface area contributed by atoms with Crippen LogP contribution in [0.5, 0.6) is 0 Å². The van der Waals surface area contributed by atoms with Gasteiger partial charge in [0.2, 0.25) is 0 Å². The van der Waals surface area contributed by atoms with E-state index in [0.29, 0.717) is 0 Å². The predicted molar refractivity (Wildman–Crippen MR) is 46.8 cm³/mol. The Bertz CT molecular complexity index is 87.6. The molecular weight excluding hydrogens is 176 g/mol. The van der Waals surface area contributed by atoms with Crippen molar-refractivity contribution < 1.29 is 13.3 Å². The van der Waals surface area contributed by atoms with Crippen LogP contribution in [0.4, 0.5) is 0 Å². The number of hydrogen-bond acceptors (Lipinski definition) is 3. The molecule has 0 unspecified atom stereocenters. The number of rotatable bonds is 6. The smallest absolute Gasteiger partial charge is 0.377 e. The summed E-state index contributed by atoms with van der Waals surface area (Å²) in [5.74, 6) is 0. The lowest BCUT2D eigenvalue weighted by atomic mass is 10.6.